The van der Waals surface area contributed by atoms with E-state index in [9.17, 15) is 16.8 Å². The minimum Gasteiger partial charge on any atom is -0.228 e. The predicted octanol–water partition coefficient (Wildman–Crippen LogP) is 0.768. The summed E-state index contributed by atoms with van der Waals surface area (Å²) >= 11 is 0. The second-order valence-corrected chi connectivity index (χ2v) is 9.96. The zero-order valence-electron chi connectivity index (χ0n) is 10.7. The van der Waals surface area contributed by atoms with Crippen molar-refractivity contribution in [1.29, 1.82) is 0 Å². The molecule has 0 aromatic heterocycles. The Morgan fingerprint density at radius 1 is 0.944 bits per heavy atom. The molecule has 1 saturated carbocycles. The minimum atomic E-state index is -3.22. The van der Waals surface area contributed by atoms with Gasteiger partial charge in [-0.25, -0.2) is 16.8 Å². The number of hydrogen-bond donors (Lipinski definition) is 0. The number of nitrogens with zero attached hydrogens (tertiary/aromatic N) is 1. The first-order chi connectivity index (χ1) is 8.38. The van der Waals surface area contributed by atoms with E-state index in [-0.39, 0.29) is 24.1 Å². The van der Waals surface area contributed by atoms with E-state index in [1.165, 1.54) is 4.31 Å². The Kier molecular flexibility index (Phi) is 4.04. The highest BCUT2D eigenvalue weighted by molar-refractivity contribution is 7.93. The maximum absolute atomic E-state index is 12.3. The summed E-state index contributed by atoms with van der Waals surface area (Å²) in [4.78, 5) is 0. The van der Waals surface area contributed by atoms with Gasteiger partial charge >= 0.3 is 0 Å². The molecule has 0 bridgehead atoms. The van der Waals surface area contributed by atoms with Crippen molar-refractivity contribution in [2.75, 3.05) is 18.8 Å². The van der Waals surface area contributed by atoms with Gasteiger partial charge in [-0.1, -0.05) is 19.3 Å². The molecule has 5 nitrogen and oxygen atoms in total. The average molecular weight is 295 g/mol. The molecule has 1 aliphatic heterocycles. The van der Waals surface area contributed by atoms with Gasteiger partial charge in [0, 0.05) is 13.1 Å². The topological polar surface area (TPSA) is 71.5 Å². The van der Waals surface area contributed by atoms with Gasteiger partial charge in [0.25, 0.3) is 0 Å². The number of sulfone groups is 1. The molecular weight excluding hydrogens is 274 g/mol. The van der Waals surface area contributed by atoms with Crippen LogP contribution in [0.1, 0.15) is 39.0 Å². The molecule has 2 rings (SSSR count). The molecule has 1 saturated heterocycles. The molecule has 2 aliphatic rings. The molecule has 0 aromatic rings. The zero-order valence-corrected chi connectivity index (χ0v) is 12.3. The molecule has 0 atom stereocenters. The van der Waals surface area contributed by atoms with Gasteiger partial charge in [-0.2, -0.15) is 4.31 Å². The maximum Gasteiger partial charge on any atom is 0.213 e. The second-order valence-electron chi connectivity index (χ2n) is 5.19. The van der Waals surface area contributed by atoms with Crippen LogP contribution in [-0.2, 0) is 19.9 Å². The summed E-state index contributed by atoms with van der Waals surface area (Å²) in [5, 5.41) is -0.704. The van der Waals surface area contributed by atoms with Crippen molar-refractivity contribution in [3.63, 3.8) is 0 Å². The van der Waals surface area contributed by atoms with E-state index in [0.29, 0.717) is 0 Å². The number of rotatable bonds is 4. The Morgan fingerprint density at radius 3 is 2.00 bits per heavy atom. The molecule has 1 heterocycles. The fourth-order valence-corrected chi connectivity index (χ4v) is 6.36. The smallest absolute Gasteiger partial charge is 0.213 e. The van der Waals surface area contributed by atoms with Crippen molar-refractivity contribution in [1.82, 2.24) is 4.31 Å². The van der Waals surface area contributed by atoms with E-state index in [1.54, 1.807) is 6.92 Å². The van der Waals surface area contributed by atoms with Gasteiger partial charge in [0.2, 0.25) is 10.0 Å². The van der Waals surface area contributed by atoms with Crippen LogP contribution in [-0.4, -0.2) is 50.5 Å². The molecule has 1 aliphatic carbocycles. The number of sulfonamides is 1. The molecule has 106 valence electrons. The first-order valence-corrected chi connectivity index (χ1v) is 9.80. The highest BCUT2D eigenvalue weighted by Crippen LogP contribution is 2.30. The lowest BCUT2D eigenvalue weighted by Gasteiger charge is -2.39. The Hall–Kier alpha value is -0.140. The van der Waals surface area contributed by atoms with E-state index in [0.717, 1.165) is 32.1 Å². The SMILES string of the molecule is CCS(=O)(=O)N1CC(S(=O)(=O)C2CCCCC2)C1. The number of hydrogen-bond acceptors (Lipinski definition) is 4. The lowest BCUT2D eigenvalue weighted by Crippen LogP contribution is -2.58. The standard InChI is InChI=1S/C11H21NO4S2/c1-2-17(13,14)12-8-11(9-12)18(15,16)10-6-4-3-5-7-10/h10-11H,2-9H2,1H3. The summed E-state index contributed by atoms with van der Waals surface area (Å²) in [5.41, 5.74) is 0. The van der Waals surface area contributed by atoms with Crippen LogP contribution in [0.15, 0.2) is 0 Å². The summed E-state index contributed by atoms with van der Waals surface area (Å²) in [6, 6.07) is 0. The van der Waals surface area contributed by atoms with Crippen LogP contribution in [0.4, 0.5) is 0 Å². The Balaban J connectivity index is 1.98. The fourth-order valence-electron chi connectivity index (χ4n) is 2.68. The van der Waals surface area contributed by atoms with E-state index in [2.05, 4.69) is 0 Å². The monoisotopic (exact) mass is 295 g/mol. The van der Waals surface area contributed by atoms with Gasteiger partial charge < -0.3 is 0 Å². The van der Waals surface area contributed by atoms with E-state index in [4.69, 9.17) is 0 Å². The zero-order chi connectivity index (χ0) is 13.4. The van der Waals surface area contributed by atoms with Crippen LogP contribution >= 0.6 is 0 Å². The fraction of sp³-hybridized carbons (Fsp3) is 1.00. The Bertz CT molecular complexity index is 485. The minimum absolute atomic E-state index is 0.0448. The summed E-state index contributed by atoms with van der Waals surface area (Å²) in [5.74, 6) is 0.0448. The van der Waals surface area contributed by atoms with Crippen molar-refractivity contribution in [2.45, 2.75) is 49.5 Å². The van der Waals surface area contributed by atoms with Crippen LogP contribution in [0.2, 0.25) is 0 Å². The second kappa shape index (κ2) is 5.09. The van der Waals surface area contributed by atoms with Gasteiger partial charge in [-0.05, 0) is 19.8 Å². The third kappa shape index (κ3) is 2.58. The molecule has 0 spiro atoms. The molecule has 18 heavy (non-hydrogen) atoms. The van der Waals surface area contributed by atoms with Crippen molar-refractivity contribution in [3.05, 3.63) is 0 Å². The highest BCUT2D eigenvalue weighted by Gasteiger charge is 2.45. The van der Waals surface area contributed by atoms with Crippen LogP contribution in [0.25, 0.3) is 0 Å². The highest BCUT2D eigenvalue weighted by atomic mass is 32.2. The normalized spacial score (nSPS) is 24.9. The quantitative estimate of drug-likeness (QED) is 0.768. The van der Waals surface area contributed by atoms with E-state index in [1.807, 2.05) is 0 Å². The van der Waals surface area contributed by atoms with E-state index >= 15 is 0 Å². The van der Waals surface area contributed by atoms with E-state index < -0.39 is 25.1 Å². The van der Waals surface area contributed by atoms with Gasteiger partial charge in [0.05, 0.1) is 16.3 Å². The van der Waals surface area contributed by atoms with Gasteiger partial charge in [-0.3, -0.25) is 0 Å². The summed E-state index contributed by atoms with van der Waals surface area (Å²) in [6.07, 6.45) is 4.58. The molecule has 7 heteroatoms. The molecular formula is C11H21NO4S2. The summed E-state index contributed by atoms with van der Waals surface area (Å²) < 4.78 is 49.0. The Morgan fingerprint density at radius 2 is 1.50 bits per heavy atom. The van der Waals surface area contributed by atoms with Crippen LogP contribution in [0, 0.1) is 0 Å². The third-order valence-corrected chi connectivity index (χ3v) is 8.50. The lowest BCUT2D eigenvalue weighted by atomic mass is 10.0. The molecule has 2 fully saturated rings. The molecule has 0 unspecified atom stereocenters. The Labute approximate surface area is 110 Å². The third-order valence-electron chi connectivity index (χ3n) is 4.05. The van der Waals surface area contributed by atoms with Gasteiger partial charge in [-0.15, -0.1) is 0 Å². The van der Waals surface area contributed by atoms with Gasteiger partial charge in [0.15, 0.2) is 9.84 Å². The largest absolute Gasteiger partial charge is 0.228 e. The average Bonchev–Trinajstić information content (AvgIpc) is 2.27. The first-order valence-electron chi connectivity index (χ1n) is 6.58. The molecule has 0 radical (unpaired) electrons. The van der Waals surface area contributed by atoms with Crippen LogP contribution in [0.5, 0.6) is 0 Å². The lowest BCUT2D eigenvalue weighted by molar-refractivity contribution is 0.306. The first kappa shape index (κ1) is 14.3. The summed E-state index contributed by atoms with van der Waals surface area (Å²) in [7, 11) is -6.35. The summed E-state index contributed by atoms with van der Waals surface area (Å²) in [6.45, 7) is 1.91. The van der Waals surface area contributed by atoms with Crippen LogP contribution < -0.4 is 0 Å². The van der Waals surface area contributed by atoms with Gasteiger partial charge in [0.1, 0.15) is 0 Å². The van der Waals surface area contributed by atoms with Crippen molar-refractivity contribution in [2.24, 2.45) is 0 Å². The molecule has 0 amide bonds. The van der Waals surface area contributed by atoms with Crippen molar-refractivity contribution in [3.8, 4) is 0 Å². The molecule has 0 aromatic carbocycles. The predicted molar refractivity (Wildman–Crippen MR) is 70.6 cm³/mol. The molecule has 0 N–H and O–H groups in total. The van der Waals surface area contributed by atoms with Crippen LogP contribution in [0.3, 0.4) is 0 Å². The maximum atomic E-state index is 12.3. The van der Waals surface area contributed by atoms with Crippen molar-refractivity contribution < 1.29 is 16.8 Å². The van der Waals surface area contributed by atoms with Crippen molar-refractivity contribution >= 4 is 19.9 Å².